The molecule has 5 heteroatoms. The molecule has 2 aliphatic rings. The summed E-state index contributed by atoms with van der Waals surface area (Å²) in [5.74, 6) is -0.0651. The highest BCUT2D eigenvalue weighted by Crippen LogP contribution is 2.30. The summed E-state index contributed by atoms with van der Waals surface area (Å²) in [5, 5.41) is 0. The van der Waals surface area contributed by atoms with Crippen molar-refractivity contribution in [3.8, 4) is 0 Å². The van der Waals surface area contributed by atoms with Gasteiger partial charge in [0.25, 0.3) is 11.8 Å². The molecule has 2 unspecified atom stereocenters. The molecule has 5 nitrogen and oxygen atoms in total. The molecule has 4 rings (SSSR count). The first kappa shape index (κ1) is 21.3. The van der Waals surface area contributed by atoms with E-state index in [1.54, 1.807) is 24.3 Å². The molecule has 162 valence electrons. The molecule has 31 heavy (non-hydrogen) atoms. The third-order valence-electron chi connectivity index (χ3n) is 6.50. The number of fused-ring (bicyclic) bond motifs is 1. The zero-order valence-electron chi connectivity index (χ0n) is 18.1. The minimum Gasteiger partial charge on any atom is -0.371 e. The number of piperidine rings is 1. The van der Waals surface area contributed by atoms with Crippen LogP contribution in [0.2, 0.25) is 0 Å². The summed E-state index contributed by atoms with van der Waals surface area (Å²) < 4.78 is 0. The molecule has 0 radical (unpaired) electrons. The van der Waals surface area contributed by atoms with Crippen LogP contribution < -0.4 is 4.90 Å². The van der Waals surface area contributed by atoms with Crippen molar-refractivity contribution in [2.45, 2.75) is 39.0 Å². The maximum absolute atomic E-state index is 12.8. The average Bonchev–Trinajstić information content (AvgIpc) is 3.04. The number of benzene rings is 2. The molecule has 2 aromatic carbocycles. The molecule has 1 fully saturated rings. The van der Waals surface area contributed by atoms with E-state index in [1.807, 2.05) is 12.1 Å². The number of hydrogen-bond acceptors (Lipinski definition) is 4. The predicted octanol–water partition coefficient (Wildman–Crippen LogP) is 4.36. The number of aldehydes is 1. The van der Waals surface area contributed by atoms with Crippen LogP contribution >= 0.6 is 0 Å². The van der Waals surface area contributed by atoms with Gasteiger partial charge in [0.05, 0.1) is 11.1 Å². The van der Waals surface area contributed by atoms with Gasteiger partial charge >= 0.3 is 0 Å². The van der Waals surface area contributed by atoms with Gasteiger partial charge in [-0.15, -0.1) is 0 Å². The van der Waals surface area contributed by atoms with Gasteiger partial charge in [0, 0.05) is 31.2 Å². The lowest BCUT2D eigenvalue weighted by molar-refractivity contribution is -0.111. The zero-order valence-corrected chi connectivity index (χ0v) is 18.1. The lowest BCUT2D eigenvalue weighted by Gasteiger charge is -2.37. The molecule has 0 N–H and O–H groups in total. The monoisotopic (exact) mass is 418 g/mol. The molecule has 0 bridgehead atoms. The Bertz CT molecular complexity index is 936. The Morgan fingerprint density at radius 2 is 1.71 bits per heavy atom. The van der Waals surface area contributed by atoms with Crippen LogP contribution in [-0.2, 0) is 11.2 Å². The van der Waals surface area contributed by atoms with E-state index in [9.17, 15) is 14.4 Å². The van der Waals surface area contributed by atoms with E-state index in [1.165, 1.54) is 16.2 Å². The Balaban J connectivity index is 1.47. The number of nitrogens with zero attached hydrogens (tertiary/aromatic N) is 2. The van der Waals surface area contributed by atoms with Crippen LogP contribution in [0.4, 0.5) is 5.69 Å². The lowest BCUT2D eigenvalue weighted by Crippen LogP contribution is -2.43. The molecule has 0 aromatic heterocycles. The largest absolute Gasteiger partial charge is 0.371 e. The fourth-order valence-electron chi connectivity index (χ4n) is 4.96. The van der Waals surface area contributed by atoms with Crippen molar-refractivity contribution in [2.24, 2.45) is 11.8 Å². The Hall–Kier alpha value is -2.95. The quantitative estimate of drug-likeness (QED) is 0.472. The van der Waals surface area contributed by atoms with E-state index in [4.69, 9.17) is 0 Å². The Labute approximate surface area is 184 Å². The van der Waals surface area contributed by atoms with Crippen molar-refractivity contribution < 1.29 is 14.4 Å². The van der Waals surface area contributed by atoms with Gasteiger partial charge in [-0.25, -0.2) is 0 Å². The molecule has 2 heterocycles. The summed E-state index contributed by atoms with van der Waals surface area (Å²) in [6.45, 7) is 4.33. The van der Waals surface area contributed by atoms with Crippen molar-refractivity contribution in [3.63, 3.8) is 0 Å². The summed E-state index contributed by atoms with van der Waals surface area (Å²) in [6, 6.07) is 15.4. The van der Waals surface area contributed by atoms with Crippen LogP contribution in [0.5, 0.6) is 0 Å². The van der Waals surface area contributed by atoms with Crippen molar-refractivity contribution >= 4 is 23.8 Å². The number of carbonyl (C=O) groups excluding carboxylic acids is 3. The maximum Gasteiger partial charge on any atom is 0.261 e. The number of rotatable bonds is 8. The molecule has 2 atom stereocenters. The zero-order chi connectivity index (χ0) is 21.8. The van der Waals surface area contributed by atoms with Gasteiger partial charge in [0.2, 0.25) is 0 Å². The molecule has 0 spiro atoms. The lowest BCUT2D eigenvalue weighted by atomic mass is 9.93. The molecule has 2 amide bonds. The third-order valence-corrected chi connectivity index (χ3v) is 6.50. The van der Waals surface area contributed by atoms with Crippen molar-refractivity contribution in [3.05, 3.63) is 65.2 Å². The van der Waals surface area contributed by atoms with Crippen LogP contribution in [0.15, 0.2) is 48.5 Å². The fourth-order valence-corrected chi connectivity index (χ4v) is 4.96. The smallest absolute Gasteiger partial charge is 0.261 e. The van der Waals surface area contributed by atoms with Crippen molar-refractivity contribution in [1.29, 1.82) is 0 Å². The van der Waals surface area contributed by atoms with Crippen LogP contribution in [0.3, 0.4) is 0 Å². The first-order valence-electron chi connectivity index (χ1n) is 11.4. The highest BCUT2D eigenvalue weighted by molar-refractivity contribution is 6.21. The summed E-state index contributed by atoms with van der Waals surface area (Å²) in [6.07, 6.45) is 5.76. The molecule has 0 saturated carbocycles. The molecule has 2 aromatic rings. The topological polar surface area (TPSA) is 57.7 Å². The van der Waals surface area contributed by atoms with E-state index in [0.29, 0.717) is 17.7 Å². The summed E-state index contributed by atoms with van der Waals surface area (Å²) in [4.78, 5) is 40.8. The second-order valence-electron chi connectivity index (χ2n) is 8.74. The minimum atomic E-state index is -0.175. The Kier molecular flexibility index (Phi) is 6.50. The van der Waals surface area contributed by atoms with Crippen LogP contribution in [-0.4, -0.2) is 42.6 Å². The van der Waals surface area contributed by atoms with E-state index in [-0.39, 0.29) is 23.7 Å². The summed E-state index contributed by atoms with van der Waals surface area (Å²) in [5.41, 5.74) is 3.41. The molecule has 2 aliphatic heterocycles. The Morgan fingerprint density at radius 1 is 1.03 bits per heavy atom. The van der Waals surface area contributed by atoms with Crippen molar-refractivity contribution in [2.75, 3.05) is 24.5 Å². The molecule has 0 aliphatic carbocycles. The van der Waals surface area contributed by atoms with Gasteiger partial charge in [-0.1, -0.05) is 43.7 Å². The van der Waals surface area contributed by atoms with Gasteiger partial charge < -0.3 is 9.69 Å². The molecular weight excluding hydrogens is 388 g/mol. The fraction of sp³-hybridized carbons (Fsp3) is 0.423. The number of para-hydroxylation sites is 1. The van der Waals surface area contributed by atoms with Gasteiger partial charge in [0.15, 0.2) is 0 Å². The van der Waals surface area contributed by atoms with E-state index >= 15 is 0 Å². The van der Waals surface area contributed by atoms with Crippen molar-refractivity contribution in [1.82, 2.24) is 4.90 Å². The highest BCUT2D eigenvalue weighted by Gasteiger charge is 2.37. The average molecular weight is 419 g/mol. The van der Waals surface area contributed by atoms with Gasteiger partial charge in [-0.2, -0.15) is 0 Å². The van der Waals surface area contributed by atoms with Crippen LogP contribution in [0.25, 0.3) is 0 Å². The number of imide groups is 1. The maximum atomic E-state index is 12.8. The summed E-state index contributed by atoms with van der Waals surface area (Å²) in [7, 11) is 0. The van der Waals surface area contributed by atoms with Gasteiger partial charge in [-0.3, -0.25) is 14.5 Å². The SMILES string of the molecule is CCCC(C=O)Cc1ccccc1N1CCCC(CN2C(=O)c3ccccc3C2=O)C1. The highest BCUT2D eigenvalue weighted by atomic mass is 16.2. The second kappa shape index (κ2) is 9.46. The number of hydrogen-bond donors (Lipinski definition) is 0. The molecular formula is C26H30N2O3. The first-order valence-corrected chi connectivity index (χ1v) is 11.4. The number of amides is 2. The minimum absolute atomic E-state index is 0.0464. The first-order chi connectivity index (χ1) is 15.1. The third kappa shape index (κ3) is 4.41. The normalized spacial score (nSPS) is 19.5. The van der Waals surface area contributed by atoms with Gasteiger partial charge in [0.1, 0.15) is 6.29 Å². The Morgan fingerprint density at radius 3 is 2.39 bits per heavy atom. The van der Waals surface area contributed by atoms with E-state index < -0.39 is 0 Å². The molecule has 1 saturated heterocycles. The van der Waals surface area contributed by atoms with Crippen LogP contribution in [0, 0.1) is 11.8 Å². The number of anilines is 1. The second-order valence-corrected chi connectivity index (χ2v) is 8.74. The van der Waals surface area contributed by atoms with Crippen LogP contribution in [0.1, 0.15) is 58.9 Å². The number of carbonyl (C=O) groups is 3. The summed E-state index contributed by atoms with van der Waals surface area (Å²) >= 11 is 0. The predicted molar refractivity (Wildman–Crippen MR) is 121 cm³/mol. The van der Waals surface area contributed by atoms with E-state index in [0.717, 1.165) is 51.5 Å². The van der Waals surface area contributed by atoms with E-state index in [2.05, 4.69) is 24.0 Å². The standard InChI is InChI=1S/C26H30N2O3/c1-2-8-19(18-29)15-21-10-3-6-13-24(21)27-14-7-9-20(16-27)17-28-25(30)22-11-4-5-12-23(22)26(28)31/h3-6,10-13,18-20H,2,7-9,14-17H2,1H3. The van der Waals surface area contributed by atoms with Gasteiger partial charge in [-0.05, 0) is 55.4 Å².